The van der Waals surface area contributed by atoms with Crippen LogP contribution < -0.4 is 10.2 Å². The highest BCUT2D eigenvalue weighted by Crippen LogP contribution is 2.39. The van der Waals surface area contributed by atoms with Gasteiger partial charge in [0.2, 0.25) is 5.91 Å². The van der Waals surface area contributed by atoms with Crippen LogP contribution in [0.2, 0.25) is 0 Å². The lowest BCUT2D eigenvalue weighted by Gasteiger charge is -2.24. The number of nitrogens with one attached hydrogen (secondary N) is 1. The van der Waals surface area contributed by atoms with Crippen molar-refractivity contribution < 1.29 is 14.4 Å². The standard InChI is InChI=1S/C19H22N4O3/c1-12-4-8-15(9-5-12)23-13(2)17(25)22(18(23)26)10-16(24)21-19(3,11-20)14-6-7-14/h4-5,8-9,13-14H,6-7,10H2,1-3H3,(H,21,24). The molecule has 2 unspecified atom stereocenters. The molecule has 0 aromatic heterocycles. The minimum Gasteiger partial charge on any atom is -0.336 e. The van der Waals surface area contributed by atoms with Crippen LogP contribution in [0.15, 0.2) is 24.3 Å². The van der Waals surface area contributed by atoms with Gasteiger partial charge in [-0.15, -0.1) is 0 Å². The van der Waals surface area contributed by atoms with Crippen molar-refractivity contribution >= 4 is 23.5 Å². The van der Waals surface area contributed by atoms with Gasteiger partial charge < -0.3 is 5.32 Å². The van der Waals surface area contributed by atoms with Gasteiger partial charge in [-0.25, -0.2) is 4.79 Å². The third-order valence-corrected chi connectivity index (χ3v) is 5.09. The van der Waals surface area contributed by atoms with Gasteiger partial charge in [-0.2, -0.15) is 5.26 Å². The summed E-state index contributed by atoms with van der Waals surface area (Å²) in [5.41, 5.74) is 0.709. The van der Waals surface area contributed by atoms with Crippen molar-refractivity contribution in [1.82, 2.24) is 10.2 Å². The van der Waals surface area contributed by atoms with Crippen molar-refractivity contribution in [2.45, 2.75) is 45.2 Å². The largest absolute Gasteiger partial charge is 0.336 e. The van der Waals surface area contributed by atoms with Crippen LogP contribution >= 0.6 is 0 Å². The summed E-state index contributed by atoms with van der Waals surface area (Å²) in [6.45, 7) is 4.88. The molecule has 1 saturated carbocycles. The summed E-state index contributed by atoms with van der Waals surface area (Å²) in [6, 6.07) is 8.22. The molecule has 2 aliphatic rings. The summed E-state index contributed by atoms with van der Waals surface area (Å²) >= 11 is 0. The van der Waals surface area contributed by atoms with Gasteiger partial charge in [0.15, 0.2) is 0 Å². The predicted molar refractivity (Wildman–Crippen MR) is 95.1 cm³/mol. The van der Waals surface area contributed by atoms with Crippen LogP contribution in [0.5, 0.6) is 0 Å². The number of carbonyl (C=O) groups excluding carboxylic acids is 3. The molecule has 1 aliphatic heterocycles. The fourth-order valence-electron chi connectivity index (χ4n) is 3.27. The van der Waals surface area contributed by atoms with Crippen LogP contribution in [0, 0.1) is 24.2 Å². The summed E-state index contributed by atoms with van der Waals surface area (Å²) in [7, 11) is 0. The Hall–Kier alpha value is -2.88. The number of amides is 4. The Morgan fingerprint density at radius 3 is 2.46 bits per heavy atom. The molecule has 1 aliphatic carbocycles. The van der Waals surface area contributed by atoms with Crippen molar-refractivity contribution in [2.24, 2.45) is 5.92 Å². The van der Waals surface area contributed by atoms with Gasteiger partial charge >= 0.3 is 6.03 Å². The number of anilines is 1. The van der Waals surface area contributed by atoms with Crippen LogP contribution in [-0.2, 0) is 9.59 Å². The predicted octanol–water partition coefficient (Wildman–Crippen LogP) is 1.96. The van der Waals surface area contributed by atoms with Gasteiger partial charge in [-0.3, -0.25) is 19.4 Å². The molecule has 0 radical (unpaired) electrons. The van der Waals surface area contributed by atoms with Gasteiger partial charge in [-0.05, 0) is 51.7 Å². The monoisotopic (exact) mass is 354 g/mol. The quantitative estimate of drug-likeness (QED) is 0.818. The molecule has 2 atom stereocenters. The first kappa shape index (κ1) is 17.9. The minimum absolute atomic E-state index is 0.129. The maximum absolute atomic E-state index is 12.7. The highest BCUT2D eigenvalue weighted by atomic mass is 16.2. The Bertz CT molecular complexity index is 794. The lowest BCUT2D eigenvalue weighted by Crippen LogP contribution is -2.51. The van der Waals surface area contributed by atoms with Crippen molar-refractivity contribution in [3.8, 4) is 6.07 Å². The number of benzene rings is 1. The SMILES string of the molecule is Cc1ccc(N2C(=O)N(CC(=O)NC(C)(C#N)C3CC3)C(=O)C2C)cc1. The van der Waals surface area contributed by atoms with E-state index in [2.05, 4.69) is 11.4 Å². The van der Waals surface area contributed by atoms with E-state index < -0.39 is 29.4 Å². The van der Waals surface area contributed by atoms with E-state index >= 15 is 0 Å². The number of carbonyl (C=O) groups is 3. The lowest BCUT2D eigenvalue weighted by atomic mass is 9.98. The normalized spacial score (nSPS) is 22.2. The van der Waals surface area contributed by atoms with E-state index in [1.54, 1.807) is 26.0 Å². The number of nitrogens with zero attached hydrogens (tertiary/aromatic N) is 3. The first-order chi connectivity index (χ1) is 12.3. The molecule has 136 valence electrons. The van der Waals surface area contributed by atoms with E-state index in [0.717, 1.165) is 23.3 Å². The zero-order chi connectivity index (χ0) is 19.1. The maximum Gasteiger partial charge on any atom is 0.332 e. The zero-order valence-electron chi connectivity index (χ0n) is 15.2. The summed E-state index contributed by atoms with van der Waals surface area (Å²) in [5.74, 6) is -0.791. The Balaban J connectivity index is 1.73. The van der Waals surface area contributed by atoms with Crippen LogP contribution in [0.25, 0.3) is 0 Å². The molecule has 0 bridgehead atoms. The molecule has 2 fully saturated rings. The number of imide groups is 1. The number of urea groups is 1. The molecule has 26 heavy (non-hydrogen) atoms. The molecule has 3 rings (SSSR count). The molecule has 7 heteroatoms. The summed E-state index contributed by atoms with van der Waals surface area (Å²) in [6.07, 6.45) is 1.79. The highest BCUT2D eigenvalue weighted by Gasteiger charge is 2.46. The molecule has 1 aromatic carbocycles. The zero-order valence-corrected chi connectivity index (χ0v) is 15.2. The van der Waals surface area contributed by atoms with Crippen molar-refractivity contribution in [1.29, 1.82) is 5.26 Å². The third-order valence-electron chi connectivity index (χ3n) is 5.09. The molecule has 4 amide bonds. The summed E-state index contributed by atoms with van der Waals surface area (Å²) < 4.78 is 0. The molecule has 0 spiro atoms. The highest BCUT2D eigenvalue weighted by molar-refractivity contribution is 6.15. The molecule has 1 aromatic rings. The molecule has 1 heterocycles. The third kappa shape index (κ3) is 3.15. The molecule has 1 saturated heterocycles. The van der Waals surface area contributed by atoms with E-state index in [1.165, 1.54) is 4.90 Å². The molecular formula is C19H22N4O3. The lowest BCUT2D eigenvalue weighted by molar-refractivity contribution is -0.132. The van der Waals surface area contributed by atoms with Crippen molar-refractivity contribution in [3.63, 3.8) is 0 Å². The second-order valence-corrected chi connectivity index (χ2v) is 7.23. The average molecular weight is 354 g/mol. The molecule has 1 N–H and O–H groups in total. The van der Waals surface area contributed by atoms with Gasteiger partial charge in [-0.1, -0.05) is 17.7 Å². The smallest absolute Gasteiger partial charge is 0.332 e. The number of nitriles is 1. The van der Waals surface area contributed by atoms with E-state index in [9.17, 15) is 19.6 Å². The van der Waals surface area contributed by atoms with E-state index in [4.69, 9.17) is 0 Å². The van der Waals surface area contributed by atoms with Crippen molar-refractivity contribution in [3.05, 3.63) is 29.8 Å². The van der Waals surface area contributed by atoms with Crippen molar-refractivity contribution in [2.75, 3.05) is 11.4 Å². The minimum atomic E-state index is -0.953. The Morgan fingerprint density at radius 1 is 1.31 bits per heavy atom. The fourth-order valence-corrected chi connectivity index (χ4v) is 3.27. The topological polar surface area (TPSA) is 93.5 Å². The summed E-state index contributed by atoms with van der Waals surface area (Å²) in [4.78, 5) is 39.9. The Kier molecular flexibility index (Phi) is 4.45. The molecular weight excluding hydrogens is 332 g/mol. The number of hydrogen-bond acceptors (Lipinski definition) is 4. The van der Waals surface area contributed by atoms with Gasteiger partial charge in [0.25, 0.3) is 5.91 Å². The van der Waals surface area contributed by atoms with Crippen LogP contribution in [0.1, 0.15) is 32.3 Å². The Morgan fingerprint density at radius 2 is 1.92 bits per heavy atom. The van der Waals surface area contributed by atoms with E-state index in [1.807, 2.05) is 19.1 Å². The fraction of sp³-hybridized carbons (Fsp3) is 0.474. The second kappa shape index (κ2) is 6.45. The number of hydrogen-bond donors (Lipinski definition) is 1. The second-order valence-electron chi connectivity index (χ2n) is 7.23. The Labute approximate surface area is 152 Å². The van der Waals surface area contributed by atoms with Gasteiger partial charge in [0, 0.05) is 5.69 Å². The maximum atomic E-state index is 12.7. The first-order valence-corrected chi connectivity index (χ1v) is 8.70. The number of aryl methyl sites for hydroxylation is 1. The molecule has 7 nitrogen and oxygen atoms in total. The summed E-state index contributed by atoms with van der Waals surface area (Å²) in [5, 5.41) is 12.0. The van der Waals surface area contributed by atoms with E-state index in [0.29, 0.717) is 5.69 Å². The number of rotatable bonds is 5. The van der Waals surface area contributed by atoms with Crippen LogP contribution in [0.4, 0.5) is 10.5 Å². The van der Waals surface area contributed by atoms with Crippen LogP contribution in [-0.4, -0.2) is 40.9 Å². The van der Waals surface area contributed by atoms with E-state index in [-0.39, 0.29) is 12.5 Å². The van der Waals surface area contributed by atoms with Gasteiger partial charge in [0.05, 0.1) is 6.07 Å². The first-order valence-electron chi connectivity index (χ1n) is 8.70. The average Bonchev–Trinajstić information content (AvgIpc) is 3.43. The van der Waals surface area contributed by atoms with Crippen LogP contribution in [0.3, 0.4) is 0 Å². The van der Waals surface area contributed by atoms with Gasteiger partial charge in [0.1, 0.15) is 18.1 Å².